The van der Waals surface area contributed by atoms with Crippen LogP contribution >= 0.6 is 12.2 Å². The molecule has 0 aliphatic carbocycles. The Morgan fingerprint density at radius 2 is 1.75 bits per heavy atom. The molecule has 0 saturated carbocycles. The molecular weight excluding hydrogens is 418 g/mol. The molecule has 0 radical (unpaired) electrons. The van der Waals surface area contributed by atoms with E-state index in [1.54, 1.807) is 12.4 Å². The van der Waals surface area contributed by atoms with Crippen molar-refractivity contribution in [2.45, 2.75) is 19.0 Å². The van der Waals surface area contributed by atoms with Crippen LogP contribution in [0.2, 0.25) is 0 Å². The number of hydrogen-bond donors (Lipinski definition) is 1. The van der Waals surface area contributed by atoms with Gasteiger partial charge < -0.3 is 19.5 Å². The number of nitrogens with zero attached hydrogens (tertiary/aromatic N) is 4. The molecule has 1 aliphatic heterocycles. The summed E-state index contributed by atoms with van der Waals surface area (Å²) in [5, 5.41) is 4.18. The third kappa shape index (κ3) is 3.71. The highest BCUT2D eigenvalue weighted by Gasteiger charge is 2.42. The Balaban J connectivity index is 1.62. The monoisotopic (exact) mass is 441 g/mol. The molecule has 1 saturated heterocycles. The van der Waals surface area contributed by atoms with Crippen molar-refractivity contribution in [2.24, 2.45) is 0 Å². The fourth-order valence-corrected chi connectivity index (χ4v) is 4.52. The predicted octanol–water partition coefficient (Wildman–Crippen LogP) is 4.84. The number of rotatable bonds is 6. The molecule has 7 heteroatoms. The number of aromatic nitrogens is 3. The minimum atomic E-state index is -0.106. The van der Waals surface area contributed by atoms with Crippen LogP contribution in [0.25, 0.3) is 5.69 Å². The number of benzene rings is 1. The fourth-order valence-electron chi connectivity index (χ4n) is 4.18. The van der Waals surface area contributed by atoms with Crippen LogP contribution in [0.1, 0.15) is 30.4 Å². The second-order valence-electron chi connectivity index (χ2n) is 7.43. The lowest BCUT2D eigenvalue weighted by atomic mass is 10.0. The van der Waals surface area contributed by atoms with E-state index in [1.807, 2.05) is 67.7 Å². The van der Waals surface area contributed by atoms with Crippen LogP contribution in [-0.4, -0.2) is 26.3 Å². The molecule has 6 nitrogen and oxygen atoms in total. The van der Waals surface area contributed by atoms with Crippen molar-refractivity contribution in [1.29, 1.82) is 0 Å². The molecule has 4 aromatic rings. The molecule has 0 bridgehead atoms. The maximum atomic E-state index is 5.83. The van der Waals surface area contributed by atoms with Crippen molar-refractivity contribution in [3.05, 3.63) is 103 Å². The molecule has 0 spiro atoms. The smallest absolute Gasteiger partial charge is 0.174 e. The Morgan fingerprint density at radius 3 is 2.47 bits per heavy atom. The number of nitrogens with one attached hydrogen (secondary N) is 1. The Labute approximate surface area is 192 Å². The number of ether oxygens (including phenoxy) is 1. The van der Waals surface area contributed by atoms with Crippen LogP contribution in [-0.2, 0) is 0 Å². The second kappa shape index (κ2) is 8.80. The van der Waals surface area contributed by atoms with E-state index in [0.29, 0.717) is 11.7 Å². The Morgan fingerprint density at radius 1 is 0.938 bits per heavy atom. The maximum Gasteiger partial charge on any atom is 0.174 e. The van der Waals surface area contributed by atoms with Crippen molar-refractivity contribution in [1.82, 2.24) is 19.9 Å². The summed E-state index contributed by atoms with van der Waals surface area (Å²) in [7, 11) is 0. The van der Waals surface area contributed by atoms with E-state index in [9.17, 15) is 0 Å². The summed E-state index contributed by atoms with van der Waals surface area (Å²) in [6.07, 6.45) is 7.49. The zero-order valence-electron chi connectivity index (χ0n) is 17.6. The van der Waals surface area contributed by atoms with Gasteiger partial charge in [0.25, 0.3) is 0 Å². The van der Waals surface area contributed by atoms with Crippen LogP contribution in [0, 0.1) is 0 Å². The Bertz CT molecular complexity index is 1190. The molecule has 2 atom stereocenters. The summed E-state index contributed by atoms with van der Waals surface area (Å²) in [6, 6.07) is 22.0. The molecule has 5 rings (SSSR count). The summed E-state index contributed by atoms with van der Waals surface area (Å²) in [4.78, 5) is 11.0. The van der Waals surface area contributed by atoms with Gasteiger partial charge in [-0.15, -0.1) is 0 Å². The molecular formula is C25H23N5OS. The van der Waals surface area contributed by atoms with Gasteiger partial charge in [0.2, 0.25) is 0 Å². The molecule has 0 amide bonds. The first-order valence-corrected chi connectivity index (χ1v) is 11.0. The average molecular weight is 442 g/mol. The number of pyridine rings is 2. The van der Waals surface area contributed by atoms with E-state index in [1.165, 1.54) is 0 Å². The molecule has 1 aromatic carbocycles. The third-order valence-electron chi connectivity index (χ3n) is 5.55. The van der Waals surface area contributed by atoms with Gasteiger partial charge in [-0.2, -0.15) is 0 Å². The molecule has 160 valence electrons. The third-order valence-corrected chi connectivity index (χ3v) is 5.86. The zero-order valence-corrected chi connectivity index (χ0v) is 18.4. The van der Waals surface area contributed by atoms with Crippen LogP contribution < -0.4 is 15.0 Å². The van der Waals surface area contributed by atoms with Gasteiger partial charge >= 0.3 is 0 Å². The molecule has 32 heavy (non-hydrogen) atoms. The first-order valence-electron chi connectivity index (χ1n) is 10.6. The fraction of sp³-hybridized carbons (Fsp3) is 0.160. The van der Waals surface area contributed by atoms with Crippen LogP contribution in [0.4, 0.5) is 5.69 Å². The lowest BCUT2D eigenvalue weighted by Gasteiger charge is -2.29. The van der Waals surface area contributed by atoms with Crippen molar-refractivity contribution >= 4 is 23.0 Å². The number of anilines is 1. The summed E-state index contributed by atoms with van der Waals surface area (Å²) in [6.45, 7) is 2.61. The largest absolute Gasteiger partial charge is 0.494 e. The maximum absolute atomic E-state index is 5.83. The summed E-state index contributed by atoms with van der Waals surface area (Å²) in [5.41, 5.74) is 4.09. The summed E-state index contributed by atoms with van der Waals surface area (Å²) in [5.74, 6) is 0.840. The Kier molecular flexibility index (Phi) is 5.56. The van der Waals surface area contributed by atoms with E-state index in [-0.39, 0.29) is 12.1 Å². The molecule has 0 unspecified atom stereocenters. The lowest BCUT2D eigenvalue weighted by molar-refractivity contribution is 0.340. The predicted molar refractivity (Wildman–Crippen MR) is 129 cm³/mol. The van der Waals surface area contributed by atoms with Crippen molar-refractivity contribution in [3.8, 4) is 11.4 Å². The molecule has 1 aliphatic rings. The van der Waals surface area contributed by atoms with Crippen LogP contribution in [0.3, 0.4) is 0 Å². The van der Waals surface area contributed by atoms with E-state index >= 15 is 0 Å². The van der Waals surface area contributed by atoms with Gasteiger partial charge in [-0.3, -0.25) is 9.97 Å². The van der Waals surface area contributed by atoms with Gasteiger partial charge in [-0.1, -0.05) is 6.07 Å². The average Bonchev–Trinajstić information content (AvgIpc) is 3.45. The molecule has 1 fully saturated rings. The lowest BCUT2D eigenvalue weighted by Crippen LogP contribution is -2.30. The molecule has 3 aromatic heterocycles. The molecule has 4 heterocycles. The van der Waals surface area contributed by atoms with Gasteiger partial charge in [0.1, 0.15) is 11.8 Å². The van der Waals surface area contributed by atoms with E-state index in [0.717, 1.165) is 28.5 Å². The highest BCUT2D eigenvalue weighted by Crippen LogP contribution is 2.42. The van der Waals surface area contributed by atoms with Crippen LogP contribution in [0.15, 0.2) is 91.5 Å². The van der Waals surface area contributed by atoms with Crippen molar-refractivity contribution in [3.63, 3.8) is 0 Å². The SMILES string of the molecule is CCOc1ccc(N2C(=S)N[C@@H](c3ccccn3)[C@H]2c2cccn2-c2ccncc2)cc1. The number of hydrogen-bond acceptors (Lipinski definition) is 4. The Hall–Kier alpha value is -3.71. The van der Waals surface area contributed by atoms with Gasteiger partial charge in [0.05, 0.1) is 18.3 Å². The van der Waals surface area contributed by atoms with Gasteiger partial charge in [-0.25, -0.2) is 0 Å². The zero-order chi connectivity index (χ0) is 21.9. The van der Waals surface area contributed by atoms with Gasteiger partial charge in [0.15, 0.2) is 5.11 Å². The highest BCUT2D eigenvalue weighted by molar-refractivity contribution is 7.80. The van der Waals surface area contributed by atoms with Crippen LogP contribution in [0.5, 0.6) is 5.75 Å². The normalized spacial score (nSPS) is 17.9. The quantitative estimate of drug-likeness (QED) is 0.432. The topological polar surface area (TPSA) is 55.2 Å². The van der Waals surface area contributed by atoms with Crippen molar-refractivity contribution in [2.75, 3.05) is 11.5 Å². The minimum absolute atomic E-state index is 0.0986. The highest BCUT2D eigenvalue weighted by atomic mass is 32.1. The molecule has 1 N–H and O–H groups in total. The first kappa shape index (κ1) is 20.2. The van der Waals surface area contributed by atoms with Crippen molar-refractivity contribution < 1.29 is 4.74 Å². The van der Waals surface area contributed by atoms with E-state index < -0.39 is 0 Å². The van der Waals surface area contributed by atoms with E-state index in [4.69, 9.17) is 17.0 Å². The van der Waals surface area contributed by atoms with Gasteiger partial charge in [-0.05, 0) is 79.8 Å². The van der Waals surface area contributed by atoms with E-state index in [2.05, 4.69) is 43.1 Å². The summed E-state index contributed by atoms with van der Waals surface area (Å²) < 4.78 is 7.81. The first-order chi connectivity index (χ1) is 15.8. The second-order valence-corrected chi connectivity index (χ2v) is 7.82. The van der Waals surface area contributed by atoms with Gasteiger partial charge in [0, 0.05) is 41.9 Å². The summed E-state index contributed by atoms with van der Waals surface area (Å²) >= 11 is 5.83. The standard InChI is InChI=1S/C25H23N5OS/c1-2-31-20-10-8-19(9-11-20)30-24(23(28-25(30)32)21-6-3-4-14-27-21)22-7-5-17-29(22)18-12-15-26-16-13-18/h3-17,23-24H,2H2,1H3,(H,28,32)/t23-,24+/m0/s1. The minimum Gasteiger partial charge on any atom is -0.494 e. The number of thiocarbonyl (C=S) groups is 1.